The summed E-state index contributed by atoms with van der Waals surface area (Å²) in [5, 5.41) is 0.689. The van der Waals surface area contributed by atoms with Gasteiger partial charge in [0.25, 0.3) is 0 Å². The van der Waals surface area contributed by atoms with Crippen LogP contribution in [0.1, 0.15) is 0 Å². The van der Waals surface area contributed by atoms with Gasteiger partial charge < -0.3 is 11.5 Å². The van der Waals surface area contributed by atoms with Crippen LogP contribution < -0.4 is 11.5 Å². The normalized spacial score (nSPS) is 10.1. The minimum absolute atomic E-state index is 0.323. The van der Waals surface area contributed by atoms with Crippen molar-refractivity contribution >= 4 is 23.3 Å². The molecule has 0 bridgehead atoms. The van der Waals surface area contributed by atoms with Crippen molar-refractivity contribution in [3.8, 4) is 0 Å². The molecule has 1 aromatic heterocycles. The Bertz CT molecular complexity index is 458. The molecule has 0 aliphatic carbocycles. The Balaban J connectivity index is 2.29. The fraction of sp³-hybridized carbons (Fsp3) is 0. The van der Waals surface area contributed by atoms with Crippen molar-refractivity contribution in [2.24, 2.45) is 0 Å². The standard InChI is InChI=1S/C10H10N4S/c11-8-9(12)13-6-14-10(8)15-7-4-2-1-3-5-7/h1-6H,11H2,(H2,12,13,14). The molecule has 0 unspecified atom stereocenters. The van der Waals surface area contributed by atoms with E-state index in [4.69, 9.17) is 11.5 Å². The zero-order valence-electron chi connectivity index (χ0n) is 7.92. The van der Waals surface area contributed by atoms with Crippen LogP contribution in [0.25, 0.3) is 0 Å². The van der Waals surface area contributed by atoms with Crippen molar-refractivity contribution in [1.29, 1.82) is 0 Å². The van der Waals surface area contributed by atoms with Gasteiger partial charge in [0.15, 0.2) is 5.82 Å². The molecule has 0 radical (unpaired) electrons. The number of nitrogens with zero attached hydrogens (tertiary/aromatic N) is 2. The molecular weight excluding hydrogens is 208 g/mol. The Kier molecular flexibility index (Phi) is 2.73. The molecule has 2 aromatic rings. The van der Waals surface area contributed by atoms with E-state index in [1.165, 1.54) is 18.1 Å². The first kappa shape index (κ1) is 9.79. The summed E-state index contributed by atoms with van der Waals surface area (Å²) in [5.74, 6) is 0.323. The maximum Gasteiger partial charge on any atom is 0.151 e. The summed E-state index contributed by atoms with van der Waals surface area (Å²) in [6.45, 7) is 0. The molecule has 0 saturated carbocycles. The lowest BCUT2D eigenvalue weighted by Gasteiger charge is -2.04. The quantitative estimate of drug-likeness (QED) is 0.751. The summed E-state index contributed by atoms with van der Waals surface area (Å²) >= 11 is 1.47. The van der Waals surface area contributed by atoms with E-state index in [0.29, 0.717) is 16.5 Å². The SMILES string of the molecule is Nc1ncnc(Sc2ccccc2)c1N. The Morgan fingerprint density at radius 1 is 1.00 bits per heavy atom. The van der Waals surface area contributed by atoms with Gasteiger partial charge in [0.2, 0.25) is 0 Å². The molecule has 0 aliphatic heterocycles. The maximum absolute atomic E-state index is 5.76. The predicted octanol–water partition coefficient (Wildman–Crippen LogP) is 1.79. The van der Waals surface area contributed by atoms with Crippen molar-refractivity contribution in [1.82, 2.24) is 9.97 Å². The van der Waals surface area contributed by atoms with Gasteiger partial charge in [-0.15, -0.1) is 0 Å². The van der Waals surface area contributed by atoms with Crippen LogP contribution in [0.15, 0.2) is 46.6 Å². The van der Waals surface area contributed by atoms with Crippen LogP contribution in [0, 0.1) is 0 Å². The molecule has 2 rings (SSSR count). The molecule has 0 amide bonds. The average Bonchev–Trinajstić information content (AvgIpc) is 2.26. The summed E-state index contributed by atoms with van der Waals surface area (Å²) in [4.78, 5) is 8.96. The number of rotatable bonds is 2. The number of anilines is 2. The van der Waals surface area contributed by atoms with Crippen molar-refractivity contribution in [2.75, 3.05) is 11.5 Å². The molecule has 1 heterocycles. The molecule has 4 N–H and O–H groups in total. The zero-order valence-corrected chi connectivity index (χ0v) is 8.74. The Labute approximate surface area is 91.7 Å². The Morgan fingerprint density at radius 3 is 2.47 bits per heavy atom. The largest absolute Gasteiger partial charge is 0.394 e. The molecule has 0 spiro atoms. The van der Waals surface area contributed by atoms with E-state index in [0.717, 1.165) is 4.90 Å². The summed E-state index contributed by atoms with van der Waals surface area (Å²) in [6.07, 6.45) is 1.41. The molecule has 0 saturated heterocycles. The third-order valence-corrected chi connectivity index (χ3v) is 2.86. The summed E-state index contributed by atoms with van der Waals surface area (Å²) in [7, 11) is 0. The van der Waals surface area contributed by atoms with Crippen LogP contribution in [-0.2, 0) is 0 Å². The van der Waals surface area contributed by atoms with Crippen LogP contribution in [-0.4, -0.2) is 9.97 Å². The second kappa shape index (κ2) is 4.18. The number of benzene rings is 1. The fourth-order valence-corrected chi connectivity index (χ4v) is 1.90. The molecule has 0 atom stereocenters. The highest BCUT2D eigenvalue weighted by Gasteiger charge is 2.06. The number of nitrogens with two attached hydrogens (primary N) is 2. The highest BCUT2D eigenvalue weighted by Crippen LogP contribution is 2.31. The molecule has 5 heteroatoms. The van der Waals surface area contributed by atoms with Gasteiger partial charge in [-0.05, 0) is 12.1 Å². The maximum atomic E-state index is 5.76. The second-order valence-corrected chi connectivity index (χ2v) is 3.96. The highest BCUT2D eigenvalue weighted by molar-refractivity contribution is 7.99. The lowest BCUT2D eigenvalue weighted by atomic mass is 10.4. The van der Waals surface area contributed by atoms with E-state index < -0.39 is 0 Å². The summed E-state index contributed by atoms with van der Waals surface area (Å²) in [5.41, 5.74) is 11.8. The van der Waals surface area contributed by atoms with E-state index in [-0.39, 0.29) is 0 Å². The van der Waals surface area contributed by atoms with Crippen LogP contribution in [0.2, 0.25) is 0 Å². The van der Waals surface area contributed by atoms with Crippen molar-refractivity contribution in [3.05, 3.63) is 36.7 Å². The van der Waals surface area contributed by atoms with E-state index in [1.807, 2.05) is 30.3 Å². The number of nitrogen functional groups attached to an aromatic ring is 2. The minimum atomic E-state index is 0.323. The first-order valence-corrected chi connectivity index (χ1v) is 5.18. The van der Waals surface area contributed by atoms with Gasteiger partial charge in [0.1, 0.15) is 17.0 Å². The average molecular weight is 218 g/mol. The van der Waals surface area contributed by atoms with Gasteiger partial charge >= 0.3 is 0 Å². The lowest BCUT2D eigenvalue weighted by Crippen LogP contribution is -2.00. The number of aromatic nitrogens is 2. The molecule has 15 heavy (non-hydrogen) atoms. The predicted molar refractivity (Wildman–Crippen MR) is 61.4 cm³/mol. The van der Waals surface area contributed by atoms with Gasteiger partial charge in [-0.1, -0.05) is 30.0 Å². The fourth-order valence-electron chi connectivity index (χ4n) is 1.07. The van der Waals surface area contributed by atoms with Gasteiger partial charge in [-0.3, -0.25) is 0 Å². The van der Waals surface area contributed by atoms with Crippen molar-refractivity contribution < 1.29 is 0 Å². The number of hydrogen-bond acceptors (Lipinski definition) is 5. The molecule has 1 aromatic carbocycles. The molecular formula is C10H10N4S. The first-order chi connectivity index (χ1) is 7.27. The first-order valence-electron chi connectivity index (χ1n) is 4.36. The smallest absolute Gasteiger partial charge is 0.151 e. The molecule has 76 valence electrons. The molecule has 0 aliphatic rings. The Morgan fingerprint density at radius 2 is 1.73 bits per heavy atom. The number of hydrogen-bond donors (Lipinski definition) is 2. The lowest BCUT2D eigenvalue weighted by molar-refractivity contribution is 1.06. The van der Waals surface area contributed by atoms with E-state index >= 15 is 0 Å². The van der Waals surface area contributed by atoms with Crippen molar-refractivity contribution in [3.63, 3.8) is 0 Å². The van der Waals surface area contributed by atoms with Gasteiger partial charge in [-0.2, -0.15) is 0 Å². The van der Waals surface area contributed by atoms with Crippen molar-refractivity contribution in [2.45, 2.75) is 9.92 Å². The minimum Gasteiger partial charge on any atom is -0.394 e. The van der Waals surface area contributed by atoms with Crippen LogP contribution in [0.5, 0.6) is 0 Å². The third-order valence-electron chi connectivity index (χ3n) is 1.84. The second-order valence-electron chi connectivity index (χ2n) is 2.89. The van der Waals surface area contributed by atoms with E-state index in [2.05, 4.69) is 9.97 Å². The summed E-state index contributed by atoms with van der Waals surface area (Å²) in [6, 6.07) is 9.86. The topological polar surface area (TPSA) is 77.8 Å². The van der Waals surface area contributed by atoms with Crippen LogP contribution in [0.4, 0.5) is 11.5 Å². The van der Waals surface area contributed by atoms with Gasteiger partial charge in [-0.25, -0.2) is 9.97 Å². The zero-order chi connectivity index (χ0) is 10.7. The van der Waals surface area contributed by atoms with Gasteiger partial charge in [0.05, 0.1) is 0 Å². The monoisotopic (exact) mass is 218 g/mol. The molecule has 0 fully saturated rings. The molecule has 4 nitrogen and oxygen atoms in total. The Hall–Kier alpha value is -1.75. The highest BCUT2D eigenvalue weighted by atomic mass is 32.2. The van der Waals surface area contributed by atoms with E-state index in [1.54, 1.807) is 0 Å². The van der Waals surface area contributed by atoms with Gasteiger partial charge in [0, 0.05) is 4.90 Å². The van der Waals surface area contributed by atoms with Crippen LogP contribution in [0.3, 0.4) is 0 Å². The van der Waals surface area contributed by atoms with E-state index in [9.17, 15) is 0 Å². The van der Waals surface area contributed by atoms with Crippen LogP contribution >= 0.6 is 11.8 Å². The summed E-state index contributed by atoms with van der Waals surface area (Å²) < 4.78 is 0. The third kappa shape index (κ3) is 2.19.